The number of nitrogens with one attached hydrogen (secondary N) is 1. The molecule has 0 saturated heterocycles. The number of rotatable bonds is 6. The number of hydrogen-bond acceptors (Lipinski definition) is 3. The van der Waals surface area contributed by atoms with Crippen LogP contribution in [0.4, 0.5) is 0 Å². The third-order valence-corrected chi connectivity index (χ3v) is 4.61. The Kier molecular flexibility index (Phi) is 5.89. The Morgan fingerprint density at radius 2 is 2.00 bits per heavy atom. The maximum absolute atomic E-state index is 6.20. The minimum Gasteiger partial charge on any atom is -0.310 e. The first-order valence-corrected chi connectivity index (χ1v) is 8.06. The number of pyridine rings is 1. The van der Waals surface area contributed by atoms with E-state index in [1.165, 1.54) is 10.5 Å². The molecule has 1 N–H and O–H groups in total. The molecule has 0 amide bonds. The van der Waals surface area contributed by atoms with Crippen LogP contribution in [0, 0.1) is 0 Å². The first-order valence-electron chi connectivity index (χ1n) is 6.87. The predicted molar refractivity (Wildman–Crippen MR) is 86.5 cm³/mol. The highest BCUT2D eigenvalue weighted by Crippen LogP contribution is 2.36. The Bertz CT molecular complexity index is 560. The molecule has 106 valence electrons. The molecule has 1 heterocycles. The largest absolute Gasteiger partial charge is 0.310 e. The summed E-state index contributed by atoms with van der Waals surface area (Å²) < 4.78 is 0. The maximum Gasteiger partial charge on any atom is 0.119 e. The second-order valence-corrected chi connectivity index (χ2v) is 5.89. The lowest BCUT2D eigenvalue weighted by Gasteiger charge is -2.19. The lowest BCUT2D eigenvalue weighted by Crippen LogP contribution is -2.20. The summed E-state index contributed by atoms with van der Waals surface area (Å²) in [5.74, 6) is 0. The van der Waals surface area contributed by atoms with E-state index in [0.29, 0.717) is 11.1 Å². The molecule has 1 atom stereocenters. The average molecular weight is 307 g/mol. The van der Waals surface area contributed by atoms with Gasteiger partial charge in [0, 0.05) is 17.1 Å². The van der Waals surface area contributed by atoms with Gasteiger partial charge in [-0.2, -0.15) is 0 Å². The monoisotopic (exact) mass is 306 g/mol. The predicted octanol–water partition coefficient (Wildman–Crippen LogP) is 4.95. The van der Waals surface area contributed by atoms with E-state index in [2.05, 4.69) is 48.4 Å². The van der Waals surface area contributed by atoms with E-state index in [9.17, 15) is 0 Å². The van der Waals surface area contributed by atoms with Crippen molar-refractivity contribution >= 4 is 23.4 Å². The van der Waals surface area contributed by atoms with Gasteiger partial charge < -0.3 is 5.32 Å². The number of halogens is 1. The van der Waals surface area contributed by atoms with Crippen LogP contribution in [-0.2, 0) is 0 Å². The van der Waals surface area contributed by atoms with Gasteiger partial charge in [-0.25, -0.2) is 4.98 Å². The summed E-state index contributed by atoms with van der Waals surface area (Å²) >= 11 is 7.83. The molecular formula is C16H19ClN2S. The molecule has 0 aliphatic rings. The summed E-state index contributed by atoms with van der Waals surface area (Å²) in [5.41, 5.74) is 1.31. The fraction of sp³-hybridized carbons (Fsp3) is 0.312. The summed E-state index contributed by atoms with van der Waals surface area (Å²) in [4.78, 5) is 5.57. The Balaban J connectivity index is 2.30. The van der Waals surface area contributed by atoms with E-state index in [-0.39, 0.29) is 0 Å². The van der Waals surface area contributed by atoms with Crippen molar-refractivity contribution in [3.8, 4) is 0 Å². The van der Waals surface area contributed by atoms with Gasteiger partial charge in [0.2, 0.25) is 0 Å². The van der Waals surface area contributed by atoms with Crippen LogP contribution in [0.2, 0.25) is 5.02 Å². The highest BCUT2D eigenvalue weighted by atomic mass is 35.5. The summed E-state index contributed by atoms with van der Waals surface area (Å²) in [5, 5.41) is 5.08. The second kappa shape index (κ2) is 7.67. The van der Waals surface area contributed by atoms with Crippen molar-refractivity contribution in [2.24, 2.45) is 0 Å². The van der Waals surface area contributed by atoms with Crippen LogP contribution in [0.5, 0.6) is 0 Å². The third-order valence-electron chi connectivity index (χ3n) is 3.08. The number of nitrogens with zero attached hydrogens (tertiary/aromatic N) is 1. The van der Waals surface area contributed by atoms with Gasteiger partial charge in [0.15, 0.2) is 0 Å². The van der Waals surface area contributed by atoms with Gasteiger partial charge in [-0.05, 0) is 36.7 Å². The van der Waals surface area contributed by atoms with Gasteiger partial charge in [-0.3, -0.25) is 0 Å². The molecule has 4 heteroatoms. The first kappa shape index (κ1) is 15.4. The van der Waals surface area contributed by atoms with E-state index in [1.807, 2.05) is 12.1 Å². The van der Waals surface area contributed by atoms with Crippen LogP contribution < -0.4 is 5.32 Å². The van der Waals surface area contributed by atoms with Gasteiger partial charge in [-0.15, -0.1) is 0 Å². The third kappa shape index (κ3) is 3.75. The average Bonchev–Trinajstić information content (AvgIpc) is 2.48. The van der Waals surface area contributed by atoms with E-state index in [1.54, 1.807) is 18.0 Å². The van der Waals surface area contributed by atoms with Crippen molar-refractivity contribution in [3.05, 3.63) is 53.2 Å². The molecule has 2 rings (SSSR count). The van der Waals surface area contributed by atoms with Crippen LogP contribution in [0.1, 0.15) is 31.9 Å². The van der Waals surface area contributed by atoms with Gasteiger partial charge in [-0.1, -0.05) is 55.4 Å². The summed E-state index contributed by atoms with van der Waals surface area (Å²) in [7, 11) is 0. The maximum atomic E-state index is 6.20. The molecule has 1 aromatic carbocycles. The van der Waals surface area contributed by atoms with Crippen LogP contribution in [0.3, 0.4) is 0 Å². The van der Waals surface area contributed by atoms with Gasteiger partial charge in [0.25, 0.3) is 0 Å². The van der Waals surface area contributed by atoms with Crippen molar-refractivity contribution in [2.45, 2.75) is 36.2 Å². The first-order chi connectivity index (χ1) is 9.76. The van der Waals surface area contributed by atoms with Crippen molar-refractivity contribution in [1.82, 2.24) is 10.3 Å². The van der Waals surface area contributed by atoms with Crippen LogP contribution in [-0.4, -0.2) is 11.5 Å². The normalized spacial score (nSPS) is 12.3. The molecule has 0 fully saturated rings. The number of aromatic nitrogens is 1. The molecule has 2 aromatic rings. The smallest absolute Gasteiger partial charge is 0.119 e. The van der Waals surface area contributed by atoms with E-state index >= 15 is 0 Å². The lowest BCUT2D eigenvalue weighted by atomic mass is 10.0. The van der Waals surface area contributed by atoms with Crippen molar-refractivity contribution in [3.63, 3.8) is 0 Å². The Hall–Kier alpha value is -1.03. The molecule has 2 nitrogen and oxygen atoms in total. The number of hydrogen-bond donors (Lipinski definition) is 1. The second-order valence-electron chi connectivity index (χ2n) is 4.45. The molecule has 0 aliphatic heterocycles. The summed E-state index contributed by atoms with van der Waals surface area (Å²) in [6.07, 6.45) is 2.83. The van der Waals surface area contributed by atoms with E-state index in [4.69, 9.17) is 11.6 Å². The Morgan fingerprint density at radius 3 is 2.70 bits per heavy atom. The van der Waals surface area contributed by atoms with Gasteiger partial charge in [0.1, 0.15) is 5.03 Å². The fourth-order valence-electron chi connectivity index (χ4n) is 2.13. The molecule has 0 aliphatic carbocycles. The summed E-state index contributed by atoms with van der Waals surface area (Å²) in [6.45, 7) is 5.29. The van der Waals surface area contributed by atoms with Gasteiger partial charge in [0.05, 0.1) is 5.02 Å². The standard InChI is InChI=1S/C16H19ClN2S/c1-3-14(18-4-2)12-8-5-6-10-15(12)20-16-13(17)9-7-11-19-16/h5-11,14,18H,3-4H2,1-2H3. The lowest BCUT2D eigenvalue weighted by molar-refractivity contribution is 0.530. The fourth-order valence-corrected chi connectivity index (χ4v) is 3.33. The highest BCUT2D eigenvalue weighted by molar-refractivity contribution is 7.99. The molecule has 0 bridgehead atoms. The minimum absolute atomic E-state index is 0.367. The van der Waals surface area contributed by atoms with Crippen molar-refractivity contribution in [1.29, 1.82) is 0 Å². The van der Waals surface area contributed by atoms with Crippen LogP contribution in [0.15, 0.2) is 52.5 Å². The zero-order valence-corrected chi connectivity index (χ0v) is 13.3. The zero-order chi connectivity index (χ0) is 14.4. The molecule has 0 saturated carbocycles. The minimum atomic E-state index is 0.367. The highest BCUT2D eigenvalue weighted by Gasteiger charge is 2.14. The molecule has 1 aromatic heterocycles. The molecular weight excluding hydrogens is 288 g/mol. The van der Waals surface area contributed by atoms with Crippen molar-refractivity contribution < 1.29 is 0 Å². The van der Waals surface area contributed by atoms with Gasteiger partial charge >= 0.3 is 0 Å². The molecule has 1 unspecified atom stereocenters. The van der Waals surface area contributed by atoms with Crippen LogP contribution >= 0.6 is 23.4 Å². The topological polar surface area (TPSA) is 24.9 Å². The van der Waals surface area contributed by atoms with Crippen molar-refractivity contribution in [2.75, 3.05) is 6.54 Å². The molecule has 20 heavy (non-hydrogen) atoms. The SMILES string of the molecule is CCNC(CC)c1ccccc1Sc1ncccc1Cl. The molecule has 0 radical (unpaired) electrons. The zero-order valence-electron chi connectivity index (χ0n) is 11.8. The van der Waals surface area contributed by atoms with E-state index < -0.39 is 0 Å². The number of benzene rings is 1. The van der Waals surface area contributed by atoms with E-state index in [0.717, 1.165) is 18.0 Å². The van der Waals surface area contributed by atoms with Crippen LogP contribution in [0.25, 0.3) is 0 Å². The Labute approximate surface area is 130 Å². The summed E-state index contributed by atoms with van der Waals surface area (Å²) in [6, 6.07) is 12.5. The molecule has 0 spiro atoms. The quantitative estimate of drug-likeness (QED) is 0.817. The Morgan fingerprint density at radius 1 is 1.20 bits per heavy atom.